The van der Waals surface area contributed by atoms with E-state index < -0.39 is 26.5 Å². The summed E-state index contributed by atoms with van der Waals surface area (Å²) in [5, 5.41) is 21.5. The van der Waals surface area contributed by atoms with Crippen LogP contribution in [0.3, 0.4) is 0 Å². The number of aliphatic carboxylic acids is 1. The zero-order chi connectivity index (χ0) is 41.7. The van der Waals surface area contributed by atoms with E-state index in [1.54, 1.807) is 6.08 Å². The van der Waals surface area contributed by atoms with Crippen LogP contribution in [-0.2, 0) is 22.6 Å². The first-order chi connectivity index (χ1) is 27.0. The van der Waals surface area contributed by atoms with Crippen LogP contribution >= 0.6 is 50.5 Å². The molecule has 0 fully saturated rings. The van der Waals surface area contributed by atoms with Gasteiger partial charge in [0.05, 0.1) is 39.0 Å². The van der Waals surface area contributed by atoms with Crippen LogP contribution in [0.4, 0.5) is 0 Å². The van der Waals surface area contributed by atoms with Gasteiger partial charge in [0.1, 0.15) is 35.4 Å². The first-order valence-electron chi connectivity index (χ1n) is 18.2. The summed E-state index contributed by atoms with van der Waals surface area (Å²) >= 11 is 19.0. The number of hydrogen-bond acceptors (Lipinski definition) is 10. The largest absolute Gasteiger partial charge is 0.543 e. The number of rotatable bonds is 18. The van der Waals surface area contributed by atoms with Crippen LogP contribution in [0, 0.1) is 13.8 Å². The molecule has 0 aliphatic rings. The molecule has 0 radical (unpaired) electrons. The molecule has 2 N–H and O–H groups in total. The highest BCUT2D eigenvalue weighted by Gasteiger charge is 2.39. The molecule has 0 amide bonds. The molecule has 304 valence electrons. The molecule has 5 rings (SSSR count). The fourth-order valence-electron chi connectivity index (χ4n) is 5.80. The molecule has 15 heteroatoms. The van der Waals surface area contributed by atoms with E-state index in [1.807, 2.05) is 62.4 Å². The molecule has 0 spiro atoms. The van der Waals surface area contributed by atoms with Gasteiger partial charge in [0.2, 0.25) is 20.3 Å². The molecule has 2 atom stereocenters. The molecule has 0 saturated heterocycles. The number of aromatic nitrogens is 2. The first kappa shape index (κ1) is 44.4. The normalized spacial score (nSPS) is 13.0. The summed E-state index contributed by atoms with van der Waals surface area (Å²) in [5.41, 5.74) is 4.11. The van der Waals surface area contributed by atoms with E-state index in [1.165, 1.54) is 17.7 Å². The van der Waals surface area contributed by atoms with E-state index in [2.05, 4.69) is 66.3 Å². The average Bonchev–Trinajstić information content (AvgIpc) is 3.50. The third kappa shape index (κ3) is 10.3. The molecule has 0 saturated carbocycles. The van der Waals surface area contributed by atoms with Gasteiger partial charge in [0.15, 0.2) is 5.75 Å². The molecule has 0 aliphatic carbocycles. The second-order valence-electron chi connectivity index (χ2n) is 15.0. The van der Waals surface area contributed by atoms with Crippen molar-refractivity contribution in [3.63, 3.8) is 0 Å². The highest BCUT2D eigenvalue weighted by Crippen LogP contribution is 2.52. The van der Waals surface area contributed by atoms with E-state index in [9.17, 15) is 15.0 Å². The minimum Gasteiger partial charge on any atom is -0.543 e. The van der Waals surface area contributed by atoms with Crippen LogP contribution in [0.5, 0.6) is 23.1 Å². The Morgan fingerprint density at radius 1 is 1.04 bits per heavy atom. The number of hydrogen-bond donors (Lipinski definition) is 2. The topological polar surface area (TPSA) is 129 Å². The number of benzene rings is 3. The number of nitrogens with zero attached hydrogens (tertiary/aromatic N) is 2. The lowest BCUT2D eigenvalue weighted by Gasteiger charge is -2.36. The predicted molar refractivity (Wildman–Crippen MR) is 233 cm³/mol. The van der Waals surface area contributed by atoms with E-state index >= 15 is 0 Å². The van der Waals surface area contributed by atoms with Crippen LogP contribution in [0.25, 0.3) is 21.3 Å². The molecule has 2 aromatic heterocycles. The van der Waals surface area contributed by atoms with Gasteiger partial charge in [-0.05, 0) is 88.4 Å². The number of carboxylic acid groups (broad SMARTS) is 1. The Bertz CT molecular complexity index is 2200. The van der Waals surface area contributed by atoms with Crippen molar-refractivity contribution in [3.8, 4) is 34.3 Å². The van der Waals surface area contributed by atoms with Crippen molar-refractivity contribution in [2.75, 3.05) is 19.8 Å². The van der Waals surface area contributed by atoms with E-state index in [-0.39, 0.29) is 59.6 Å². The Balaban J connectivity index is 1.55. The van der Waals surface area contributed by atoms with Crippen molar-refractivity contribution in [1.29, 1.82) is 0 Å². The van der Waals surface area contributed by atoms with Crippen molar-refractivity contribution in [2.24, 2.45) is 0 Å². The summed E-state index contributed by atoms with van der Waals surface area (Å²) in [6.45, 7) is 18.4. The lowest BCUT2D eigenvalue weighted by Crippen LogP contribution is -2.43. The number of halogens is 3. The van der Waals surface area contributed by atoms with Gasteiger partial charge >= 0.3 is 5.97 Å². The number of aliphatic hydroxyl groups excluding tert-OH is 1. The Morgan fingerprint density at radius 2 is 1.72 bits per heavy atom. The van der Waals surface area contributed by atoms with E-state index in [0.717, 1.165) is 5.56 Å². The number of carbonyl (C=O) groups is 1. The summed E-state index contributed by atoms with van der Waals surface area (Å²) in [5.74, 6) is 0.214. The molecular formula is C42H47BrCl2N2O8SSi. The first-order valence-corrected chi connectivity index (χ1v) is 23.5. The van der Waals surface area contributed by atoms with Gasteiger partial charge in [-0.15, -0.1) is 17.9 Å². The maximum absolute atomic E-state index is 13.1. The SMILES string of the molecule is C=CCOCC(CO)Oc1c(Cl)c(C)c(-c2c(Br)sc3ncnc(OC(Cc4cc(O[Si](C)(C)C(C)(C)C)ccc4OCc4ccccc4)C(=O)O)c23)c(C)c1Cl. The van der Waals surface area contributed by atoms with E-state index in [4.69, 9.17) is 46.6 Å². The third-order valence-corrected chi connectivity index (χ3v) is 16.9. The van der Waals surface area contributed by atoms with Crippen LogP contribution in [0.1, 0.15) is 43.0 Å². The second-order valence-corrected chi connectivity index (χ2v) is 22.8. The number of thiophene rings is 1. The summed E-state index contributed by atoms with van der Waals surface area (Å²) in [4.78, 5) is 22.6. The van der Waals surface area contributed by atoms with Gasteiger partial charge in [-0.3, -0.25) is 0 Å². The van der Waals surface area contributed by atoms with Crippen molar-refractivity contribution in [3.05, 3.63) is 104 Å². The van der Waals surface area contributed by atoms with Crippen molar-refractivity contribution < 1.29 is 38.4 Å². The fourth-order valence-corrected chi connectivity index (χ4v) is 9.06. The van der Waals surface area contributed by atoms with Gasteiger partial charge in [0.25, 0.3) is 0 Å². The third-order valence-electron chi connectivity index (χ3n) is 9.88. The second kappa shape index (κ2) is 18.9. The van der Waals surface area contributed by atoms with Gasteiger partial charge in [0, 0.05) is 17.5 Å². The van der Waals surface area contributed by atoms with Gasteiger partial charge < -0.3 is 33.6 Å². The van der Waals surface area contributed by atoms with Crippen LogP contribution < -0.4 is 18.6 Å². The van der Waals surface area contributed by atoms with E-state index in [0.29, 0.717) is 53.3 Å². The fraction of sp³-hybridized carbons (Fsp3) is 0.357. The smallest absolute Gasteiger partial charge is 0.345 e. The highest BCUT2D eigenvalue weighted by atomic mass is 79.9. The molecule has 3 aromatic carbocycles. The highest BCUT2D eigenvalue weighted by molar-refractivity contribution is 9.11. The number of aliphatic hydroxyl groups is 1. The lowest BCUT2D eigenvalue weighted by atomic mass is 9.95. The number of ether oxygens (including phenoxy) is 4. The molecule has 5 aromatic rings. The Hall–Kier alpha value is -3.69. The Kier molecular flexibility index (Phi) is 14.7. The minimum absolute atomic E-state index is 0.0616. The summed E-state index contributed by atoms with van der Waals surface area (Å²) in [6.07, 6.45) is 0.753. The summed E-state index contributed by atoms with van der Waals surface area (Å²) in [6, 6.07) is 15.3. The summed E-state index contributed by atoms with van der Waals surface area (Å²) in [7, 11) is -2.24. The van der Waals surface area contributed by atoms with Crippen LogP contribution in [0.2, 0.25) is 28.2 Å². The van der Waals surface area contributed by atoms with Crippen molar-refractivity contribution in [1.82, 2.24) is 9.97 Å². The maximum Gasteiger partial charge on any atom is 0.345 e. The van der Waals surface area contributed by atoms with Gasteiger partial charge in [-0.1, -0.05) is 80.4 Å². The zero-order valence-corrected chi connectivity index (χ0v) is 37.9. The molecule has 0 bridgehead atoms. The monoisotopic (exact) mass is 916 g/mol. The average molecular weight is 919 g/mol. The predicted octanol–water partition coefficient (Wildman–Crippen LogP) is 11.0. The minimum atomic E-state index is -2.24. The molecule has 0 aliphatic heterocycles. The lowest BCUT2D eigenvalue weighted by molar-refractivity contribution is -0.145. The molecule has 57 heavy (non-hydrogen) atoms. The maximum atomic E-state index is 13.1. The van der Waals surface area contributed by atoms with Crippen LogP contribution in [0.15, 0.2) is 71.3 Å². The molecule has 2 unspecified atom stereocenters. The standard InChI is InChI=1S/C42H47BrCl2N2O8SSi/c1-9-17-51-22-29(20-48)53-37-35(44)24(2)32(25(3)36(37)45)33-34-39(46-23-47-40(34)56-38(33)43)54-31(41(49)50)19-27-18-28(55-57(7,8)42(4,5)6)15-16-30(27)52-21-26-13-11-10-12-14-26/h9-16,18,23,29,31,48H,1,17,19-22H2,2-8H3,(H,49,50). The van der Waals surface area contributed by atoms with Gasteiger partial charge in [-0.2, -0.15) is 0 Å². The quantitative estimate of drug-likeness (QED) is 0.0498. The summed E-state index contributed by atoms with van der Waals surface area (Å²) < 4.78 is 31.5. The Morgan fingerprint density at radius 3 is 2.33 bits per heavy atom. The van der Waals surface area contributed by atoms with Gasteiger partial charge in [-0.25, -0.2) is 14.8 Å². The molecule has 2 heterocycles. The Labute approximate surface area is 357 Å². The molecular weight excluding hydrogens is 871 g/mol. The van der Waals surface area contributed by atoms with Crippen molar-refractivity contribution in [2.45, 2.75) is 78.0 Å². The molecule has 10 nitrogen and oxygen atoms in total. The number of carboxylic acids is 1. The number of fused-ring (bicyclic) bond motifs is 1. The van der Waals surface area contributed by atoms with Crippen LogP contribution in [-0.4, -0.2) is 66.5 Å². The van der Waals surface area contributed by atoms with Crippen molar-refractivity contribution >= 4 is 75.0 Å². The zero-order valence-electron chi connectivity index (χ0n) is 33.0.